The van der Waals surface area contributed by atoms with E-state index < -0.39 is 12.1 Å². The number of carbonyl (C=O) groups is 3. The molecule has 1 amide bonds. The predicted octanol–water partition coefficient (Wildman–Crippen LogP) is -0.183. The van der Waals surface area contributed by atoms with Crippen molar-refractivity contribution in [3.8, 4) is 0 Å². The van der Waals surface area contributed by atoms with Crippen LogP contribution in [0, 0.1) is 0 Å². The van der Waals surface area contributed by atoms with Crippen molar-refractivity contribution in [1.29, 1.82) is 0 Å². The Morgan fingerprint density at radius 2 is 2.25 bits per heavy atom. The number of aliphatic hydroxyl groups is 1. The van der Waals surface area contributed by atoms with Gasteiger partial charge < -0.3 is 14.8 Å². The minimum atomic E-state index is -0.611. The summed E-state index contributed by atoms with van der Waals surface area (Å²) in [6.07, 6.45) is 0.613. The molecule has 0 aromatic rings. The molecular weight excluding hydrogens is 230 g/mol. The minimum absolute atomic E-state index is 0.0267. The SMILES string of the molecule is CC(=O)SCCC(=O)N1CC(O)CC1C=O. The Balaban J connectivity index is 2.40. The Bertz CT molecular complexity index is 295. The van der Waals surface area contributed by atoms with Gasteiger partial charge >= 0.3 is 0 Å². The summed E-state index contributed by atoms with van der Waals surface area (Å²) in [6.45, 7) is 1.66. The molecule has 90 valence electrons. The summed E-state index contributed by atoms with van der Waals surface area (Å²) in [5, 5.41) is 9.32. The van der Waals surface area contributed by atoms with Crippen LogP contribution in [0.25, 0.3) is 0 Å². The predicted molar refractivity (Wildman–Crippen MR) is 59.9 cm³/mol. The molecule has 1 N–H and O–H groups in total. The van der Waals surface area contributed by atoms with Crippen LogP contribution in [0.1, 0.15) is 19.8 Å². The number of aliphatic hydroxyl groups excluding tert-OH is 1. The molecule has 1 rings (SSSR count). The van der Waals surface area contributed by atoms with Crippen LogP contribution < -0.4 is 0 Å². The van der Waals surface area contributed by atoms with Crippen LogP contribution in [0.5, 0.6) is 0 Å². The lowest BCUT2D eigenvalue weighted by molar-refractivity contribution is -0.134. The first-order valence-electron chi connectivity index (χ1n) is 5.10. The number of nitrogens with zero attached hydrogens (tertiary/aromatic N) is 1. The molecule has 16 heavy (non-hydrogen) atoms. The number of aldehydes is 1. The van der Waals surface area contributed by atoms with Gasteiger partial charge in [0.25, 0.3) is 0 Å². The highest BCUT2D eigenvalue weighted by molar-refractivity contribution is 8.13. The van der Waals surface area contributed by atoms with Crippen molar-refractivity contribution in [1.82, 2.24) is 4.90 Å². The van der Waals surface area contributed by atoms with Crippen molar-refractivity contribution < 1.29 is 19.5 Å². The Hall–Kier alpha value is -0.880. The highest BCUT2D eigenvalue weighted by atomic mass is 32.2. The molecule has 1 aliphatic rings. The molecular formula is C10H15NO4S. The monoisotopic (exact) mass is 245 g/mol. The van der Waals surface area contributed by atoms with E-state index in [1.165, 1.54) is 11.8 Å². The van der Waals surface area contributed by atoms with Crippen molar-refractivity contribution in [2.75, 3.05) is 12.3 Å². The zero-order valence-electron chi connectivity index (χ0n) is 9.09. The molecule has 5 nitrogen and oxygen atoms in total. The standard InChI is InChI=1S/C10H15NO4S/c1-7(13)16-3-2-10(15)11-5-9(14)4-8(11)6-12/h6,8-9,14H,2-5H2,1H3. The number of carbonyl (C=O) groups excluding carboxylic acids is 3. The first kappa shape index (κ1) is 13.2. The fourth-order valence-corrected chi connectivity index (χ4v) is 2.25. The third kappa shape index (κ3) is 3.61. The molecule has 0 aromatic carbocycles. The summed E-state index contributed by atoms with van der Waals surface area (Å²) in [5.74, 6) is 0.245. The summed E-state index contributed by atoms with van der Waals surface area (Å²) >= 11 is 1.09. The van der Waals surface area contributed by atoms with Crippen LogP contribution in [-0.2, 0) is 14.4 Å². The van der Waals surface area contributed by atoms with Gasteiger partial charge in [-0.1, -0.05) is 11.8 Å². The second-order valence-electron chi connectivity index (χ2n) is 3.73. The van der Waals surface area contributed by atoms with E-state index >= 15 is 0 Å². The van der Waals surface area contributed by atoms with Gasteiger partial charge in [0.15, 0.2) is 5.12 Å². The average Bonchev–Trinajstić information content (AvgIpc) is 2.59. The van der Waals surface area contributed by atoms with Crippen molar-refractivity contribution in [2.24, 2.45) is 0 Å². The highest BCUT2D eigenvalue weighted by Gasteiger charge is 2.33. The molecule has 1 saturated heterocycles. The Morgan fingerprint density at radius 1 is 1.56 bits per heavy atom. The van der Waals surface area contributed by atoms with Crippen LogP contribution in [0.15, 0.2) is 0 Å². The number of hydrogen-bond donors (Lipinski definition) is 1. The molecule has 0 bridgehead atoms. The number of rotatable bonds is 4. The van der Waals surface area contributed by atoms with Crippen molar-refractivity contribution >= 4 is 29.1 Å². The summed E-state index contributed by atoms with van der Waals surface area (Å²) in [5.41, 5.74) is 0. The topological polar surface area (TPSA) is 74.7 Å². The quantitative estimate of drug-likeness (QED) is 0.695. The van der Waals surface area contributed by atoms with Gasteiger partial charge in [0, 0.05) is 32.1 Å². The van der Waals surface area contributed by atoms with Gasteiger partial charge in [0.2, 0.25) is 5.91 Å². The summed E-state index contributed by atoms with van der Waals surface area (Å²) in [4.78, 5) is 34.4. The molecule has 2 unspecified atom stereocenters. The van der Waals surface area contributed by atoms with E-state index in [2.05, 4.69) is 0 Å². The zero-order chi connectivity index (χ0) is 12.1. The van der Waals surface area contributed by atoms with E-state index in [-0.39, 0.29) is 24.0 Å². The molecule has 2 atom stereocenters. The Labute approximate surface area is 98.2 Å². The smallest absolute Gasteiger partial charge is 0.224 e. The van der Waals surface area contributed by atoms with Crippen LogP contribution >= 0.6 is 11.8 Å². The molecule has 0 radical (unpaired) electrons. The molecule has 0 aliphatic carbocycles. The normalized spacial score (nSPS) is 24.5. The summed E-state index contributed by atoms with van der Waals surface area (Å²) in [6, 6.07) is -0.509. The van der Waals surface area contributed by atoms with Crippen molar-refractivity contribution in [3.63, 3.8) is 0 Å². The maximum Gasteiger partial charge on any atom is 0.224 e. The lowest BCUT2D eigenvalue weighted by Gasteiger charge is -2.19. The molecule has 0 saturated carbocycles. The van der Waals surface area contributed by atoms with E-state index in [0.29, 0.717) is 18.5 Å². The van der Waals surface area contributed by atoms with Gasteiger partial charge in [-0.15, -0.1) is 0 Å². The molecule has 1 heterocycles. The molecule has 6 heteroatoms. The van der Waals surface area contributed by atoms with Crippen LogP contribution in [0.3, 0.4) is 0 Å². The van der Waals surface area contributed by atoms with Crippen molar-refractivity contribution in [3.05, 3.63) is 0 Å². The Morgan fingerprint density at radius 3 is 2.81 bits per heavy atom. The zero-order valence-corrected chi connectivity index (χ0v) is 9.90. The maximum atomic E-state index is 11.7. The van der Waals surface area contributed by atoms with Crippen LogP contribution in [0.2, 0.25) is 0 Å². The molecule has 1 fully saturated rings. The van der Waals surface area contributed by atoms with Gasteiger partial charge in [0.05, 0.1) is 12.1 Å². The lowest BCUT2D eigenvalue weighted by Crippen LogP contribution is -2.37. The van der Waals surface area contributed by atoms with Gasteiger partial charge in [0.1, 0.15) is 6.29 Å². The van der Waals surface area contributed by atoms with Gasteiger partial charge in [-0.25, -0.2) is 0 Å². The second kappa shape index (κ2) is 6.00. The number of hydrogen-bond acceptors (Lipinski definition) is 5. The number of likely N-dealkylation sites (tertiary alicyclic amines) is 1. The highest BCUT2D eigenvalue weighted by Crippen LogP contribution is 2.18. The summed E-state index contributed by atoms with van der Waals surface area (Å²) < 4.78 is 0. The van der Waals surface area contributed by atoms with Gasteiger partial charge in [-0.3, -0.25) is 9.59 Å². The van der Waals surface area contributed by atoms with E-state index in [4.69, 9.17) is 0 Å². The molecule has 0 spiro atoms. The number of β-amino-alcohol motifs (C(OH)–C–C–N with tert-alkyl or cyclic N) is 1. The second-order valence-corrected chi connectivity index (χ2v) is 5.00. The lowest BCUT2D eigenvalue weighted by atomic mass is 10.2. The van der Waals surface area contributed by atoms with E-state index in [1.807, 2.05) is 0 Å². The first-order chi connectivity index (χ1) is 7.54. The van der Waals surface area contributed by atoms with Crippen LogP contribution in [-0.4, -0.2) is 51.8 Å². The third-order valence-electron chi connectivity index (χ3n) is 2.42. The van der Waals surface area contributed by atoms with Crippen LogP contribution in [0.4, 0.5) is 0 Å². The van der Waals surface area contributed by atoms with Gasteiger partial charge in [-0.05, 0) is 0 Å². The van der Waals surface area contributed by atoms with Crippen molar-refractivity contribution in [2.45, 2.75) is 31.9 Å². The first-order valence-corrected chi connectivity index (χ1v) is 6.09. The Kier molecular flexibility index (Phi) is 4.95. The van der Waals surface area contributed by atoms with E-state index in [0.717, 1.165) is 11.8 Å². The molecule has 0 aromatic heterocycles. The fourth-order valence-electron chi connectivity index (χ4n) is 1.68. The molecule has 1 aliphatic heterocycles. The largest absolute Gasteiger partial charge is 0.391 e. The maximum absolute atomic E-state index is 11.7. The van der Waals surface area contributed by atoms with E-state index in [1.54, 1.807) is 0 Å². The summed E-state index contributed by atoms with van der Waals surface area (Å²) in [7, 11) is 0. The van der Waals surface area contributed by atoms with E-state index in [9.17, 15) is 19.5 Å². The average molecular weight is 245 g/mol. The number of thioether (sulfide) groups is 1. The minimum Gasteiger partial charge on any atom is -0.391 e. The van der Waals surface area contributed by atoms with Gasteiger partial charge in [-0.2, -0.15) is 0 Å². The third-order valence-corrected chi connectivity index (χ3v) is 3.23. The number of amides is 1. The fraction of sp³-hybridized carbons (Fsp3) is 0.700.